The number of carbonyl (C=O) groups excluding carboxylic acids is 2. The van der Waals surface area contributed by atoms with E-state index < -0.39 is 30.6 Å². The van der Waals surface area contributed by atoms with Crippen LogP contribution in [0, 0.1) is 0 Å². The van der Waals surface area contributed by atoms with Crippen LogP contribution in [0.1, 0.15) is 0 Å². The van der Waals surface area contributed by atoms with Gasteiger partial charge in [-0.1, -0.05) is 0 Å². The number of rotatable bonds is 2. The Bertz CT molecular complexity index is 277. The van der Waals surface area contributed by atoms with Gasteiger partial charge >= 0.3 is 18.2 Å². The van der Waals surface area contributed by atoms with Crippen LogP contribution < -0.4 is 16.2 Å². The summed E-state index contributed by atoms with van der Waals surface area (Å²) in [6.07, 6.45) is -6.64. The molecule has 0 rings (SSSR count). The zero-order valence-electron chi connectivity index (χ0n) is 7.01. The summed E-state index contributed by atoms with van der Waals surface area (Å²) in [5, 5.41) is 9.59. The van der Waals surface area contributed by atoms with E-state index in [0.717, 1.165) is 5.43 Å². The van der Waals surface area contributed by atoms with Gasteiger partial charge in [0.05, 0.1) is 0 Å². The Labute approximate surface area is 80.6 Å². The van der Waals surface area contributed by atoms with Crippen LogP contribution >= 0.6 is 0 Å². The van der Waals surface area contributed by atoms with E-state index in [4.69, 9.17) is 5.11 Å². The lowest BCUT2D eigenvalue weighted by Crippen LogP contribution is -2.50. The summed E-state index contributed by atoms with van der Waals surface area (Å²) in [6.45, 7) is -0.770. The van der Waals surface area contributed by atoms with Crippen LogP contribution in [0.5, 0.6) is 0 Å². The van der Waals surface area contributed by atoms with Crippen molar-refractivity contribution >= 4 is 17.9 Å². The molecule has 0 aromatic heterocycles. The molecule has 4 N–H and O–H groups in total. The maximum Gasteiger partial charge on any atom is 0.472 e. The Balaban J connectivity index is 3.82. The molecule has 3 amide bonds. The van der Waals surface area contributed by atoms with E-state index in [2.05, 4.69) is 0 Å². The Kier molecular flexibility index (Phi) is 4.35. The second kappa shape index (κ2) is 5.02. The number of alkyl halides is 3. The summed E-state index contributed by atoms with van der Waals surface area (Å²) in [5.74, 6) is -3.49. The fourth-order valence-corrected chi connectivity index (χ4v) is 0.397. The molecule has 0 aliphatic carbocycles. The van der Waals surface area contributed by atoms with Gasteiger partial charge in [-0.15, -0.1) is 0 Å². The van der Waals surface area contributed by atoms with E-state index >= 15 is 0 Å². The smallest absolute Gasteiger partial charge is 0.465 e. The Morgan fingerprint density at radius 3 is 2.07 bits per heavy atom. The van der Waals surface area contributed by atoms with Gasteiger partial charge in [0.2, 0.25) is 0 Å². The highest BCUT2D eigenvalue weighted by atomic mass is 19.4. The number of halogens is 3. The van der Waals surface area contributed by atoms with Crippen LogP contribution in [0.2, 0.25) is 0 Å². The van der Waals surface area contributed by atoms with Crippen molar-refractivity contribution in [1.82, 2.24) is 16.2 Å². The summed E-state index contributed by atoms with van der Waals surface area (Å²) in [4.78, 5) is 30.5. The number of hydrogen-bond donors (Lipinski definition) is 4. The van der Waals surface area contributed by atoms with Crippen molar-refractivity contribution in [3.63, 3.8) is 0 Å². The van der Waals surface area contributed by atoms with Crippen LogP contribution in [-0.4, -0.2) is 35.7 Å². The van der Waals surface area contributed by atoms with Crippen molar-refractivity contribution in [2.45, 2.75) is 6.18 Å². The van der Waals surface area contributed by atoms with Gasteiger partial charge in [-0.2, -0.15) is 13.2 Å². The van der Waals surface area contributed by atoms with E-state index in [-0.39, 0.29) is 0 Å². The number of carbonyl (C=O) groups is 3. The highest BCUT2D eigenvalue weighted by Crippen LogP contribution is 2.13. The average Bonchev–Trinajstić information content (AvgIpc) is 2.09. The largest absolute Gasteiger partial charge is 0.472 e. The van der Waals surface area contributed by atoms with Crippen molar-refractivity contribution in [3.8, 4) is 0 Å². The number of amides is 3. The van der Waals surface area contributed by atoms with Gasteiger partial charge in [0.15, 0.2) is 0 Å². The van der Waals surface area contributed by atoms with Crippen molar-refractivity contribution in [3.05, 3.63) is 0 Å². The van der Waals surface area contributed by atoms with Gasteiger partial charge in [-0.3, -0.25) is 20.4 Å². The predicted molar refractivity (Wildman–Crippen MR) is 38.4 cm³/mol. The highest BCUT2D eigenvalue weighted by molar-refractivity contribution is 5.86. The molecule has 0 fully saturated rings. The summed E-state index contributed by atoms with van der Waals surface area (Å²) >= 11 is 0. The molecule has 0 saturated heterocycles. The second-order valence-corrected chi connectivity index (χ2v) is 2.16. The van der Waals surface area contributed by atoms with Crippen LogP contribution in [0.3, 0.4) is 0 Å². The van der Waals surface area contributed by atoms with Crippen molar-refractivity contribution in [2.24, 2.45) is 0 Å². The normalized spacial score (nSPS) is 10.3. The number of hydrazine groups is 1. The van der Waals surface area contributed by atoms with Crippen LogP contribution in [0.15, 0.2) is 0 Å². The molecule has 0 atom stereocenters. The molecule has 0 aromatic carbocycles. The third-order valence-corrected chi connectivity index (χ3v) is 0.973. The van der Waals surface area contributed by atoms with Gasteiger partial charge < -0.3 is 10.4 Å². The first-order chi connectivity index (χ1) is 6.73. The minimum atomic E-state index is -5.12. The molecule has 10 heteroatoms. The zero-order valence-corrected chi connectivity index (χ0v) is 7.01. The monoisotopic (exact) mass is 229 g/mol. The molecule has 0 aromatic rings. The highest BCUT2D eigenvalue weighted by Gasteiger charge is 2.38. The summed E-state index contributed by atoms with van der Waals surface area (Å²) in [7, 11) is 0. The Hall–Kier alpha value is -2.00. The minimum Gasteiger partial charge on any atom is -0.465 e. The van der Waals surface area contributed by atoms with Gasteiger partial charge in [-0.25, -0.2) is 4.79 Å². The van der Waals surface area contributed by atoms with Crippen LogP contribution in [0.4, 0.5) is 18.0 Å². The van der Waals surface area contributed by atoms with E-state index in [0.29, 0.717) is 0 Å². The first-order valence-electron chi connectivity index (χ1n) is 3.36. The van der Waals surface area contributed by atoms with Crippen molar-refractivity contribution in [2.75, 3.05) is 6.54 Å². The summed E-state index contributed by atoms with van der Waals surface area (Å²) in [6, 6.07) is 0. The molecule has 0 radical (unpaired) electrons. The quantitative estimate of drug-likeness (QED) is 0.454. The van der Waals surface area contributed by atoms with Gasteiger partial charge in [0.1, 0.15) is 6.54 Å². The lowest BCUT2D eigenvalue weighted by molar-refractivity contribution is -0.175. The molecular formula is C5H6F3N3O4. The molecule has 7 nitrogen and oxygen atoms in total. The first-order valence-corrected chi connectivity index (χ1v) is 3.36. The second-order valence-electron chi connectivity index (χ2n) is 2.16. The molecule has 0 bridgehead atoms. The molecule has 0 aliphatic rings. The van der Waals surface area contributed by atoms with Crippen LogP contribution in [0.25, 0.3) is 0 Å². The predicted octanol–water partition coefficient (Wildman–Crippen LogP) is -1.04. The van der Waals surface area contributed by atoms with Gasteiger partial charge in [-0.05, 0) is 0 Å². The third-order valence-electron chi connectivity index (χ3n) is 0.973. The Morgan fingerprint density at radius 1 is 1.13 bits per heavy atom. The molecule has 15 heavy (non-hydrogen) atoms. The molecule has 86 valence electrons. The molecular weight excluding hydrogens is 223 g/mol. The molecule has 0 spiro atoms. The summed E-state index contributed by atoms with van der Waals surface area (Å²) < 4.78 is 34.6. The van der Waals surface area contributed by atoms with E-state index in [1.54, 1.807) is 5.32 Å². The van der Waals surface area contributed by atoms with Gasteiger partial charge in [0, 0.05) is 0 Å². The fourth-order valence-electron chi connectivity index (χ4n) is 0.397. The van der Waals surface area contributed by atoms with Crippen molar-refractivity contribution in [1.29, 1.82) is 0 Å². The minimum absolute atomic E-state index is 0.770. The standard InChI is InChI=1S/C5H6F3N3O4/c6-5(7,8)3(13)11-10-2(12)1-9-4(14)15/h9H,1H2,(H,10,12)(H,11,13)(H,14,15). The number of hydrogen-bond acceptors (Lipinski definition) is 3. The topological polar surface area (TPSA) is 108 Å². The molecule has 0 saturated carbocycles. The van der Waals surface area contributed by atoms with E-state index in [1.165, 1.54) is 5.43 Å². The third kappa shape index (κ3) is 6.12. The maximum atomic E-state index is 11.5. The van der Waals surface area contributed by atoms with Crippen LogP contribution in [-0.2, 0) is 9.59 Å². The van der Waals surface area contributed by atoms with Gasteiger partial charge in [0.25, 0.3) is 5.91 Å². The zero-order chi connectivity index (χ0) is 12.1. The van der Waals surface area contributed by atoms with E-state index in [1.807, 2.05) is 0 Å². The SMILES string of the molecule is O=C(O)NCC(=O)NNC(=O)C(F)(F)F. The average molecular weight is 229 g/mol. The van der Waals surface area contributed by atoms with Crippen molar-refractivity contribution < 1.29 is 32.7 Å². The number of carboxylic acid groups (broad SMARTS) is 1. The maximum absolute atomic E-state index is 11.5. The first kappa shape index (κ1) is 13.0. The fraction of sp³-hybridized carbons (Fsp3) is 0.400. The van der Waals surface area contributed by atoms with E-state index in [9.17, 15) is 27.6 Å². The summed E-state index contributed by atoms with van der Waals surface area (Å²) in [5.41, 5.74) is 2.41. The number of nitrogens with one attached hydrogen (secondary N) is 3. The Morgan fingerprint density at radius 2 is 1.67 bits per heavy atom. The lowest BCUT2D eigenvalue weighted by Gasteiger charge is -2.08. The lowest BCUT2D eigenvalue weighted by atomic mass is 10.6. The molecule has 0 heterocycles. The molecule has 0 unspecified atom stereocenters. The molecule has 0 aliphatic heterocycles.